The lowest BCUT2D eigenvalue weighted by molar-refractivity contribution is 0.448. The summed E-state index contributed by atoms with van der Waals surface area (Å²) < 4.78 is 55.6. The number of rotatable bonds is 3. The summed E-state index contributed by atoms with van der Waals surface area (Å²) in [6, 6.07) is 8.82. The minimum atomic E-state index is -1.57. The minimum Gasteiger partial charge on any atom is -0.221 e. The van der Waals surface area contributed by atoms with Gasteiger partial charge in [0.05, 0.1) is 16.6 Å². The fraction of sp³-hybridized carbons (Fsp3) is 0.0714. The Balaban J connectivity index is 2.13. The van der Waals surface area contributed by atoms with Crippen molar-refractivity contribution in [1.82, 2.24) is 20.2 Å². The van der Waals surface area contributed by atoms with Crippen LogP contribution in [-0.4, -0.2) is 20.2 Å². The molecule has 0 aliphatic heterocycles. The second kappa shape index (κ2) is 6.07. The first-order valence-corrected chi connectivity index (χ1v) is 7.12. The number of aromatic nitrogens is 4. The summed E-state index contributed by atoms with van der Waals surface area (Å²) in [5.41, 5.74) is -0.205. The highest BCUT2D eigenvalue weighted by Gasteiger charge is 2.28. The van der Waals surface area contributed by atoms with E-state index in [1.54, 1.807) is 30.3 Å². The smallest absolute Gasteiger partial charge is 0.188 e. The Morgan fingerprint density at radius 3 is 2.13 bits per heavy atom. The van der Waals surface area contributed by atoms with Gasteiger partial charge in [-0.25, -0.2) is 22.2 Å². The third-order valence-electron chi connectivity index (χ3n) is 3.14. The van der Waals surface area contributed by atoms with E-state index in [1.807, 2.05) is 0 Å². The van der Waals surface area contributed by atoms with Crippen molar-refractivity contribution in [1.29, 1.82) is 0 Å². The highest BCUT2D eigenvalue weighted by molar-refractivity contribution is 9.10. The SMILES string of the molecule is Fc1c(F)c(-c2nnnn2Cc2ccccc2)c(F)c(F)c1Br. The van der Waals surface area contributed by atoms with E-state index in [1.165, 1.54) is 0 Å². The molecule has 23 heavy (non-hydrogen) atoms. The number of hydrogen-bond acceptors (Lipinski definition) is 3. The predicted molar refractivity (Wildman–Crippen MR) is 76.3 cm³/mol. The molecule has 0 bridgehead atoms. The molecule has 0 saturated heterocycles. The van der Waals surface area contributed by atoms with Crippen LogP contribution in [0.3, 0.4) is 0 Å². The average Bonchev–Trinajstić information content (AvgIpc) is 3.00. The summed E-state index contributed by atoms with van der Waals surface area (Å²) in [5, 5.41) is 10.4. The van der Waals surface area contributed by atoms with Crippen molar-refractivity contribution in [2.24, 2.45) is 0 Å². The second-order valence-corrected chi connectivity index (χ2v) is 5.38. The van der Waals surface area contributed by atoms with Gasteiger partial charge in [0.25, 0.3) is 0 Å². The van der Waals surface area contributed by atoms with Crippen LogP contribution in [0.4, 0.5) is 17.6 Å². The maximum absolute atomic E-state index is 14.1. The molecule has 0 N–H and O–H groups in total. The van der Waals surface area contributed by atoms with Crippen molar-refractivity contribution >= 4 is 15.9 Å². The van der Waals surface area contributed by atoms with Crippen molar-refractivity contribution < 1.29 is 17.6 Å². The molecular formula is C14H7BrF4N4. The van der Waals surface area contributed by atoms with Crippen molar-refractivity contribution in [3.8, 4) is 11.4 Å². The van der Waals surface area contributed by atoms with Gasteiger partial charge in [0.15, 0.2) is 29.1 Å². The van der Waals surface area contributed by atoms with E-state index < -0.39 is 39.1 Å². The van der Waals surface area contributed by atoms with Crippen LogP contribution in [0.15, 0.2) is 34.8 Å². The van der Waals surface area contributed by atoms with E-state index in [9.17, 15) is 17.6 Å². The molecule has 0 fully saturated rings. The molecule has 0 aliphatic rings. The molecule has 3 aromatic rings. The first-order valence-electron chi connectivity index (χ1n) is 6.32. The Hall–Kier alpha value is -2.29. The van der Waals surface area contributed by atoms with E-state index in [4.69, 9.17) is 0 Å². The Labute approximate surface area is 135 Å². The van der Waals surface area contributed by atoms with Crippen molar-refractivity contribution in [3.63, 3.8) is 0 Å². The van der Waals surface area contributed by atoms with Crippen molar-refractivity contribution in [3.05, 3.63) is 63.6 Å². The molecule has 3 rings (SSSR count). The van der Waals surface area contributed by atoms with Crippen molar-refractivity contribution in [2.75, 3.05) is 0 Å². The van der Waals surface area contributed by atoms with Crippen LogP contribution in [0.25, 0.3) is 11.4 Å². The van der Waals surface area contributed by atoms with Gasteiger partial charge in [0, 0.05) is 0 Å². The number of tetrazole rings is 1. The summed E-state index contributed by atoms with van der Waals surface area (Å²) in [5.74, 6) is -6.64. The molecule has 0 radical (unpaired) electrons. The highest BCUT2D eigenvalue weighted by Crippen LogP contribution is 2.33. The third-order valence-corrected chi connectivity index (χ3v) is 3.84. The molecule has 0 aliphatic carbocycles. The van der Waals surface area contributed by atoms with Gasteiger partial charge in [-0.1, -0.05) is 30.3 Å². The Morgan fingerprint density at radius 1 is 0.913 bits per heavy atom. The van der Waals surface area contributed by atoms with Gasteiger partial charge in [0.1, 0.15) is 0 Å². The fourth-order valence-electron chi connectivity index (χ4n) is 2.05. The molecular weight excluding hydrogens is 380 g/mol. The van der Waals surface area contributed by atoms with Gasteiger partial charge in [-0.3, -0.25) is 0 Å². The monoisotopic (exact) mass is 386 g/mol. The zero-order chi connectivity index (χ0) is 16.6. The third kappa shape index (κ3) is 2.72. The Bertz CT molecular complexity index is 838. The molecule has 0 unspecified atom stereocenters. The maximum Gasteiger partial charge on any atom is 0.188 e. The molecule has 1 heterocycles. The van der Waals surface area contributed by atoms with Gasteiger partial charge >= 0.3 is 0 Å². The lowest BCUT2D eigenvalue weighted by Crippen LogP contribution is -2.09. The highest BCUT2D eigenvalue weighted by atomic mass is 79.9. The van der Waals surface area contributed by atoms with Crippen LogP contribution in [0.2, 0.25) is 0 Å². The summed E-state index contributed by atoms with van der Waals surface area (Å²) in [4.78, 5) is 0. The number of nitrogens with zero attached hydrogens (tertiary/aromatic N) is 4. The first kappa shape index (κ1) is 15.6. The van der Waals surface area contributed by atoms with Gasteiger partial charge in [-0.15, -0.1) is 5.10 Å². The molecule has 118 valence electrons. The molecule has 0 saturated carbocycles. The lowest BCUT2D eigenvalue weighted by atomic mass is 10.1. The van der Waals surface area contributed by atoms with Crippen LogP contribution in [0, 0.1) is 23.3 Å². The van der Waals surface area contributed by atoms with Gasteiger partial charge < -0.3 is 0 Å². The summed E-state index contributed by atoms with van der Waals surface area (Å²) >= 11 is 2.46. The van der Waals surface area contributed by atoms with E-state index in [-0.39, 0.29) is 6.54 Å². The lowest BCUT2D eigenvalue weighted by Gasteiger charge is -2.09. The van der Waals surface area contributed by atoms with Crippen LogP contribution in [0.1, 0.15) is 5.56 Å². The standard InChI is InChI=1S/C14H7BrF4N4/c15-9-12(18)10(16)8(11(17)13(9)19)14-20-21-22-23(14)6-7-4-2-1-3-5-7/h1-5H,6H2. The minimum absolute atomic E-state index is 0.0847. The number of halogens is 5. The number of benzene rings is 2. The zero-order valence-corrected chi connectivity index (χ0v) is 12.9. The predicted octanol–water partition coefficient (Wildman–Crippen LogP) is 3.71. The van der Waals surface area contributed by atoms with E-state index in [0.717, 1.165) is 10.2 Å². The van der Waals surface area contributed by atoms with Crippen LogP contribution in [0.5, 0.6) is 0 Å². The first-order chi connectivity index (χ1) is 11.0. The van der Waals surface area contributed by atoms with E-state index in [0.29, 0.717) is 0 Å². The molecule has 9 heteroatoms. The molecule has 1 aromatic heterocycles. The maximum atomic E-state index is 14.1. The second-order valence-electron chi connectivity index (χ2n) is 4.59. The molecule has 0 amide bonds. The van der Waals surface area contributed by atoms with Crippen LogP contribution < -0.4 is 0 Å². The fourth-order valence-corrected chi connectivity index (χ4v) is 2.40. The Kier molecular flexibility index (Phi) is 4.12. The van der Waals surface area contributed by atoms with Gasteiger partial charge in [-0.2, -0.15) is 0 Å². The normalized spacial score (nSPS) is 11.0. The van der Waals surface area contributed by atoms with Crippen molar-refractivity contribution in [2.45, 2.75) is 6.54 Å². The summed E-state index contributed by atoms with van der Waals surface area (Å²) in [6.07, 6.45) is 0. The molecule has 0 spiro atoms. The van der Waals surface area contributed by atoms with Gasteiger partial charge in [0.2, 0.25) is 0 Å². The van der Waals surface area contributed by atoms with E-state index >= 15 is 0 Å². The Morgan fingerprint density at radius 2 is 1.52 bits per heavy atom. The summed E-state index contributed by atoms with van der Waals surface area (Å²) in [6.45, 7) is 0.0847. The summed E-state index contributed by atoms with van der Waals surface area (Å²) in [7, 11) is 0. The molecule has 2 aromatic carbocycles. The number of hydrogen-bond donors (Lipinski definition) is 0. The zero-order valence-electron chi connectivity index (χ0n) is 11.3. The largest absolute Gasteiger partial charge is 0.221 e. The average molecular weight is 387 g/mol. The topological polar surface area (TPSA) is 43.6 Å². The quantitative estimate of drug-likeness (QED) is 0.391. The van der Waals surface area contributed by atoms with Crippen LogP contribution in [-0.2, 0) is 6.54 Å². The molecule has 4 nitrogen and oxygen atoms in total. The van der Waals surface area contributed by atoms with Gasteiger partial charge in [-0.05, 0) is 31.9 Å². The van der Waals surface area contributed by atoms with E-state index in [2.05, 4.69) is 31.5 Å². The molecule has 0 atom stereocenters. The van der Waals surface area contributed by atoms with Crippen LogP contribution >= 0.6 is 15.9 Å².